The molecule has 1 rings (SSSR count). The molecule has 0 aliphatic carbocycles. The van der Waals surface area contributed by atoms with Crippen molar-refractivity contribution >= 4 is 22.0 Å². The number of nitrogens with one attached hydrogen (secondary N) is 1. The molecule has 0 heterocycles. The molecule has 2 unspecified atom stereocenters. The summed E-state index contributed by atoms with van der Waals surface area (Å²) in [6.45, 7) is 7.09. The second kappa shape index (κ2) is 7.24. The molecular weight excluding hydrogens is 338 g/mol. The Balaban J connectivity index is 2.56. The van der Waals surface area contributed by atoms with Crippen LogP contribution >= 0.6 is 15.9 Å². The summed E-state index contributed by atoms with van der Waals surface area (Å²) >= 11 is 3.38. The zero-order valence-electron chi connectivity index (χ0n) is 12.7. The maximum atomic E-state index is 11.5. The minimum Gasteiger partial charge on any atom is -0.444 e. The zero-order chi connectivity index (χ0) is 16.2. The first-order valence-electron chi connectivity index (χ1n) is 6.69. The number of aryl methyl sites for hydroxylation is 1. The van der Waals surface area contributed by atoms with E-state index in [1.807, 2.05) is 13.0 Å². The third-order valence-electron chi connectivity index (χ3n) is 2.76. The van der Waals surface area contributed by atoms with E-state index in [9.17, 15) is 15.0 Å². The molecule has 2 atom stereocenters. The molecule has 3 N–H and O–H groups in total. The molecule has 1 aromatic rings. The van der Waals surface area contributed by atoms with Gasteiger partial charge in [0.1, 0.15) is 17.8 Å². The number of aliphatic hydroxyl groups excluding tert-OH is 2. The minimum absolute atomic E-state index is 0.0957. The number of hydrogen-bond donors (Lipinski definition) is 3. The van der Waals surface area contributed by atoms with Crippen LogP contribution < -0.4 is 5.32 Å². The second-order valence-electron chi connectivity index (χ2n) is 5.90. The fraction of sp³-hybridized carbons (Fsp3) is 0.533. The van der Waals surface area contributed by atoms with Crippen molar-refractivity contribution in [1.29, 1.82) is 0 Å². The number of alkyl carbamates (subject to hydrolysis) is 1. The Morgan fingerprint density at radius 2 is 2.00 bits per heavy atom. The third-order valence-corrected chi connectivity index (χ3v) is 3.61. The average molecular weight is 360 g/mol. The van der Waals surface area contributed by atoms with E-state index in [0.29, 0.717) is 5.56 Å². The summed E-state index contributed by atoms with van der Waals surface area (Å²) in [4.78, 5) is 11.5. The van der Waals surface area contributed by atoms with E-state index in [4.69, 9.17) is 4.74 Å². The van der Waals surface area contributed by atoms with Crippen LogP contribution in [0.3, 0.4) is 0 Å². The maximum Gasteiger partial charge on any atom is 0.407 e. The molecule has 0 saturated heterocycles. The first-order chi connectivity index (χ1) is 9.60. The first-order valence-corrected chi connectivity index (χ1v) is 7.48. The topological polar surface area (TPSA) is 78.8 Å². The van der Waals surface area contributed by atoms with Crippen molar-refractivity contribution in [2.45, 2.75) is 45.5 Å². The van der Waals surface area contributed by atoms with E-state index in [1.165, 1.54) is 0 Å². The molecule has 0 fully saturated rings. The number of carbonyl (C=O) groups excluding carboxylic acids is 1. The third kappa shape index (κ3) is 6.03. The number of hydrogen-bond acceptors (Lipinski definition) is 4. The lowest BCUT2D eigenvalue weighted by atomic mass is 10.0. The molecule has 21 heavy (non-hydrogen) atoms. The molecule has 0 aromatic heterocycles. The van der Waals surface area contributed by atoms with E-state index in [2.05, 4.69) is 21.2 Å². The van der Waals surface area contributed by atoms with Crippen LogP contribution in [0.25, 0.3) is 0 Å². The fourth-order valence-electron chi connectivity index (χ4n) is 1.63. The molecule has 0 spiro atoms. The van der Waals surface area contributed by atoms with Crippen molar-refractivity contribution in [2.24, 2.45) is 0 Å². The molecule has 0 saturated carbocycles. The summed E-state index contributed by atoms with van der Waals surface area (Å²) < 4.78 is 5.91. The fourth-order valence-corrected chi connectivity index (χ4v) is 2.03. The normalized spacial score (nSPS) is 14.4. The predicted octanol–water partition coefficient (Wildman–Crippen LogP) is 2.68. The smallest absolute Gasteiger partial charge is 0.407 e. The highest BCUT2D eigenvalue weighted by molar-refractivity contribution is 9.10. The Hall–Kier alpha value is -1.11. The van der Waals surface area contributed by atoms with Crippen molar-refractivity contribution < 1.29 is 19.7 Å². The van der Waals surface area contributed by atoms with Gasteiger partial charge in [0.15, 0.2) is 0 Å². The van der Waals surface area contributed by atoms with Gasteiger partial charge >= 0.3 is 6.09 Å². The van der Waals surface area contributed by atoms with Crippen LogP contribution in [0.15, 0.2) is 22.7 Å². The molecule has 0 aliphatic rings. The number of ether oxygens (including phenoxy) is 1. The van der Waals surface area contributed by atoms with Crippen molar-refractivity contribution in [3.05, 3.63) is 33.8 Å². The molecular formula is C15H22BrNO4. The Morgan fingerprint density at radius 3 is 2.52 bits per heavy atom. The van der Waals surface area contributed by atoms with E-state index >= 15 is 0 Å². The van der Waals surface area contributed by atoms with Crippen molar-refractivity contribution in [2.75, 3.05) is 6.54 Å². The van der Waals surface area contributed by atoms with Crippen molar-refractivity contribution in [1.82, 2.24) is 5.32 Å². The summed E-state index contributed by atoms with van der Waals surface area (Å²) in [5.74, 6) is 0. The summed E-state index contributed by atoms with van der Waals surface area (Å²) in [5, 5.41) is 22.5. The molecule has 1 aromatic carbocycles. The lowest BCUT2D eigenvalue weighted by molar-refractivity contribution is 0.0129. The Bertz CT molecular complexity index is 499. The first kappa shape index (κ1) is 17.9. The van der Waals surface area contributed by atoms with Crippen LogP contribution in [0.2, 0.25) is 0 Å². The molecule has 1 amide bonds. The molecule has 0 radical (unpaired) electrons. The van der Waals surface area contributed by atoms with E-state index in [1.54, 1.807) is 32.9 Å². The molecule has 5 nitrogen and oxygen atoms in total. The second-order valence-corrected chi connectivity index (χ2v) is 6.76. The molecule has 118 valence electrons. The van der Waals surface area contributed by atoms with E-state index < -0.39 is 23.9 Å². The van der Waals surface area contributed by atoms with Gasteiger partial charge in [-0.1, -0.05) is 28.1 Å². The Kier molecular flexibility index (Phi) is 6.19. The van der Waals surface area contributed by atoms with Crippen LogP contribution in [0.1, 0.15) is 38.0 Å². The predicted molar refractivity (Wildman–Crippen MR) is 84.1 cm³/mol. The van der Waals surface area contributed by atoms with Gasteiger partial charge in [0, 0.05) is 11.0 Å². The van der Waals surface area contributed by atoms with Gasteiger partial charge < -0.3 is 20.3 Å². The molecule has 0 bridgehead atoms. The zero-order valence-corrected chi connectivity index (χ0v) is 14.3. The minimum atomic E-state index is -1.12. The van der Waals surface area contributed by atoms with Crippen molar-refractivity contribution in [3.63, 3.8) is 0 Å². The number of benzene rings is 1. The van der Waals surface area contributed by atoms with Gasteiger partial charge in [-0.3, -0.25) is 0 Å². The lowest BCUT2D eigenvalue weighted by Gasteiger charge is -2.22. The summed E-state index contributed by atoms with van der Waals surface area (Å²) in [6.07, 6.45) is -2.83. The maximum absolute atomic E-state index is 11.5. The highest BCUT2D eigenvalue weighted by Gasteiger charge is 2.21. The number of aliphatic hydroxyl groups is 2. The number of halogens is 1. The highest BCUT2D eigenvalue weighted by Crippen LogP contribution is 2.23. The standard InChI is InChI=1S/C15H22BrNO4/c1-9-5-6-10(7-11(9)16)13(19)12(18)8-17-14(20)21-15(2,3)4/h5-7,12-13,18-19H,8H2,1-4H3,(H,17,20). The van der Waals surface area contributed by atoms with Crippen LogP contribution in [0.4, 0.5) is 4.79 Å². The number of carbonyl (C=O) groups is 1. The SMILES string of the molecule is Cc1ccc(C(O)C(O)CNC(=O)OC(C)(C)C)cc1Br. The van der Waals surface area contributed by atoms with E-state index in [0.717, 1.165) is 10.0 Å². The van der Waals surface area contributed by atoms with Gasteiger partial charge in [-0.25, -0.2) is 4.79 Å². The van der Waals surface area contributed by atoms with Crippen LogP contribution in [0.5, 0.6) is 0 Å². The Morgan fingerprint density at radius 1 is 1.38 bits per heavy atom. The summed E-state index contributed by atoms with van der Waals surface area (Å²) in [5.41, 5.74) is 1.01. The Labute approximate surface area is 133 Å². The number of rotatable bonds is 4. The van der Waals surface area contributed by atoms with E-state index in [-0.39, 0.29) is 6.54 Å². The van der Waals surface area contributed by atoms with Crippen LogP contribution in [0, 0.1) is 6.92 Å². The largest absolute Gasteiger partial charge is 0.444 e. The molecule has 6 heteroatoms. The van der Waals surface area contributed by atoms with Crippen molar-refractivity contribution in [3.8, 4) is 0 Å². The van der Waals surface area contributed by atoms with Gasteiger partial charge in [0.05, 0.1) is 0 Å². The average Bonchev–Trinajstić information content (AvgIpc) is 2.36. The van der Waals surface area contributed by atoms with Crippen LogP contribution in [-0.2, 0) is 4.74 Å². The summed E-state index contributed by atoms with van der Waals surface area (Å²) in [6, 6.07) is 5.33. The summed E-state index contributed by atoms with van der Waals surface area (Å²) in [7, 11) is 0. The molecule has 0 aliphatic heterocycles. The number of amides is 1. The van der Waals surface area contributed by atoms with Gasteiger partial charge in [0.25, 0.3) is 0 Å². The quantitative estimate of drug-likeness (QED) is 0.772. The highest BCUT2D eigenvalue weighted by atomic mass is 79.9. The lowest BCUT2D eigenvalue weighted by Crippen LogP contribution is -2.38. The van der Waals surface area contributed by atoms with Crippen LogP contribution in [-0.4, -0.2) is 34.6 Å². The van der Waals surface area contributed by atoms with Gasteiger partial charge in [-0.05, 0) is 44.9 Å². The van der Waals surface area contributed by atoms with Gasteiger partial charge in [0.2, 0.25) is 0 Å². The van der Waals surface area contributed by atoms with Gasteiger partial charge in [-0.15, -0.1) is 0 Å². The monoisotopic (exact) mass is 359 g/mol. The van der Waals surface area contributed by atoms with Gasteiger partial charge in [-0.2, -0.15) is 0 Å².